The lowest BCUT2D eigenvalue weighted by molar-refractivity contribution is -0.127. The lowest BCUT2D eigenvalue weighted by Gasteiger charge is -2.36. The molecule has 12 heteroatoms. The van der Waals surface area contributed by atoms with Gasteiger partial charge in [-0.05, 0) is 31.2 Å². The van der Waals surface area contributed by atoms with Crippen molar-refractivity contribution in [1.82, 2.24) is 39.2 Å². The molecule has 0 unspecified atom stereocenters. The Balaban J connectivity index is 1.12. The molecule has 4 aromatic rings. The Morgan fingerprint density at radius 2 is 1.83 bits per heavy atom. The molecule has 4 heterocycles. The fourth-order valence-corrected chi connectivity index (χ4v) is 4.40. The highest BCUT2D eigenvalue weighted by Crippen LogP contribution is 2.22. The molecule has 1 saturated heterocycles. The average molecular weight is 493 g/mol. The molecule has 0 radical (unpaired) electrons. The van der Waals surface area contributed by atoms with Crippen LogP contribution < -0.4 is 15.4 Å². The molecule has 2 N–H and O–H groups in total. The van der Waals surface area contributed by atoms with Gasteiger partial charge in [0.15, 0.2) is 11.3 Å². The molecule has 3 aromatic heterocycles. The molecule has 1 amide bonds. The van der Waals surface area contributed by atoms with Crippen molar-refractivity contribution in [2.45, 2.75) is 20.4 Å². The number of carbonyl (C=O) groups is 1. The molecule has 36 heavy (non-hydrogen) atoms. The molecule has 12 nitrogen and oxygen atoms in total. The Morgan fingerprint density at radius 1 is 1.08 bits per heavy atom. The van der Waals surface area contributed by atoms with E-state index in [-0.39, 0.29) is 5.91 Å². The number of rotatable bonds is 8. The molecule has 0 atom stereocenters. The standard InChI is InChI=1S/C24H32N10O2/c1-17-27-23-21-16-26-33(22(21)28-24(25)34(23)29-17)13-10-31-8-11-32(12-9-31)19-4-6-20(7-5-19)36-15-14-30(3)18(2)35/h4-7,16H,8-15H2,1-3H3,(H2,25,28). The number of likely N-dealkylation sites (N-methyl/N-ethyl adjacent to an activating group) is 1. The second-order valence-corrected chi connectivity index (χ2v) is 9.08. The number of ether oxygens (including phenoxy) is 1. The molecule has 1 aliphatic rings. The zero-order valence-electron chi connectivity index (χ0n) is 21.0. The van der Waals surface area contributed by atoms with Gasteiger partial charge in [-0.1, -0.05) is 0 Å². The van der Waals surface area contributed by atoms with Crippen LogP contribution in [0.25, 0.3) is 16.7 Å². The van der Waals surface area contributed by atoms with E-state index in [0.29, 0.717) is 30.6 Å². The van der Waals surface area contributed by atoms with E-state index >= 15 is 0 Å². The molecular formula is C24H32N10O2. The average Bonchev–Trinajstić information content (AvgIpc) is 3.46. The Hall–Kier alpha value is -3.93. The number of piperazine rings is 1. The highest BCUT2D eigenvalue weighted by molar-refractivity contribution is 5.89. The van der Waals surface area contributed by atoms with Crippen LogP contribution in [0.2, 0.25) is 0 Å². The van der Waals surface area contributed by atoms with Crippen LogP contribution in [-0.4, -0.2) is 98.0 Å². The van der Waals surface area contributed by atoms with Crippen LogP contribution in [0.5, 0.6) is 5.75 Å². The molecule has 1 aliphatic heterocycles. The predicted molar refractivity (Wildman–Crippen MR) is 137 cm³/mol. The largest absolute Gasteiger partial charge is 0.492 e. The molecule has 1 aromatic carbocycles. The van der Waals surface area contributed by atoms with Gasteiger partial charge in [-0.15, -0.1) is 5.10 Å². The first-order valence-corrected chi connectivity index (χ1v) is 12.2. The maximum Gasteiger partial charge on any atom is 0.225 e. The van der Waals surface area contributed by atoms with Crippen LogP contribution in [0.4, 0.5) is 11.6 Å². The van der Waals surface area contributed by atoms with E-state index in [1.165, 1.54) is 5.69 Å². The summed E-state index contributed by atoms with van der Waals surface area (Å²) in [5, 5.41) is 9.70. The van der Waals surface area contributed by atoms with E-state index in [1.807, 2.05) is 23.7 Å². The Kier molecular flexibility index (Phi) is 6.59. The van der Waals surface area contributed by atoms with Crippen LogP contribution in [0.3, 0.4) is 0 Å². The van der Waals surface area contributed by atoms with Crippen molar-refractivity contribution in [3.63, 3.8) is 0 Å². The number of nitrogens with two attached hydrogens (primary N) is 1. The highest BCUT2D eigenvalue weighted by Gasteiger charge is 2.19. The summed E-state index contributed by atoms with van der Waals surface area (Å²) in [6.07, 6.45) is 1.79. The minimum Gasteiger partial charge on any atom is -0.492 e. The van der Waals surface area contributed by atoms with Gasteiger partial charge in [-0.25, -0.2) is 9.67 Å². The first kappa shape index (κ1) is 23.8. The number of amides is 1. The van der Waals surface area contributed by atoms with Gasteiger partial charge in [0.1, 0.15) is 18.2 Å². The van der Waals surface area contributed by atoms with Gasteiger partial charge in [0.25, 0.3) is 0 Å². The van der Waals surface area contributed by atoms with E-state index < -0.39 is 0 Å². The number of aryl methyl sites for hydroxylation is 1. The maximum absolute atomic E-state index is 11.3. The van der Waals surface area contributed by atoms with Gasteiger partial charge in [0, 0.05) is 52.4 Å². The van der Waals surface area contributed by atoms with Crippen molar-refractivity contribution in [2.24, 2.45) is 0 Å². The highest BCUT2D eigenvalue weighted by atomic mass is 16.5. The number of fused-ring (bicyclic) bond motifs is 3. The van der Waals surface area contributed by atoms with Gasteiger partial charge in [-0.2, -0.15) is 14.6 Å². The quantitative estimate of drug-likeness (QED) is 0.384. The number of benzene rings is 1. The third kappa shape index (κ3) is 4.89. The van der Waals surface area contributed by atoms with Crippen molar-refractivity contribution in [2.75, 3.05) is 63.6 Å². The number of hydrogen-bond acceptors (Lipinski definition) is 9. The van der Waals surface area contributed by atoms with Crippen molar-refractivity contribution >= 4 is 34.2 Å². The lowest BCUT2D eigenvalue weighted by Crippen LogP contribution is -2.47. The summed E-state index contributed by atoms with van der Waals surface area (Å²) < 4.78 is 9.23. The number of nitrogens with zero attached hydrogens (tertiary/aromatic N) is 9. The second kappa shape index (κ2) is 9.97. The zero-order valence-corrected chi connectivity index (χ0v) is 21.0. The molecule has 1 fully saturated rings. The molecule has 5 rings (SSSR count). The summed E-state index contributed by atoms with van der Waals surface area (Å²) in [5.41, 5.74) is 8.71. The van der Waals surface area contributed by atoms with E-state index in [1.54, 1.807) is 29.6 Å². The van der Waals surface area contributed by atoms with Crippen molar-refractivity contribution in [3.05, 3.63) is 36.3 Å². The minimum absolute atomic E-state index is 0.0378. The molecule has 190 valence electrons. The van der Waals surface area contributed by atoms with Crippen LogP contribution in [-0.2, 0) is 11.3 Å². The van der Waals surface area contributed by atoms with E-state index in [2.05, 4.69) is 42.1 Å². The molecule has 0 aliphatic carbocycles. The first-order valence-electron chi connectivity index (χ1n) is 12.2. The van der Waals surface area contributed by atoms with E-state index in [0.717, 1.165) is 56.1 Å². The number of anilines is 2. The summed E-state index contributed by atoms with van der Waals surface area (Å²) in [6.45, 7) is 9.89. The normalized spacial score (nSPS) is 14.6. The zero-order chi connectivity index (χ0) is 25.2. The van der Waals surface area contributed by atoms with Crippen LogP contribution in [0.15, 0.2) is 30.5 Å². The predicted octanol–water partition coefficient (Wildman–Crippen LogP) is 1.04. The summed E-state index contributed by atoms with van der Waals surface area (Å²) in [6, 6.07) is 8.17. The number of nitrogen functional groups attached to an aromatic ring is 1. The lowest BCUT2D eigenvalue weighted by atomic mass is 10.2. The smallest absolute Gasteiger partial charge is 0.225 e. The third-order valence-corrected chi connectivity index (χ3v) is 6.64. The van der Waals surface area contributed by atoms with E-state index in [4.69, 9.17) is 10.5 Å². The summed E-state index contributed by atoms with van der Waals surface area (Å²) in [7, 11) is 1.77. The Bertz CT molecular complexity index is 1350. The van der Waals surface area contributed by atoms with Crippen molar-refractivity contribution in [1.29, 1.82) is 0 Å². The van der Waals surface area contributed by atoms with Gasteiger partial charge >= 0.3 is 0 Å². The summed E-state index contributed by atoms with van der Waals surface area (Å²) >= 11 is 0. The SMILES string of the molecule is CC(=O)N(C)CCOc1ccc(N2CCN(CCn3ncc4c3nc(N)n3nc(C)nc43)CC2)cc1. The first-order chi connectivity index (χ1) is 17.4. The van der Waals surface area contributed by atoms with Gasteiger partial charge < -0.3 is 20.3 Å². The van der Waals surface area contributed by atoms with Crippen molar-refractivity contribution in [3.8, 4) is 5.75 Å². The van der Waals surface area contributed by atoms with Crippen molar-refractivity contribution < 1.29 is 9.53 Å². The van der Waals surface area contributed by atoms with Gasteiger partial charge in [0.05, 0.1) is 24.7 Å². The molecule has 0 saturated carbocycles. The monoisotopic (exact) mass is 492 g/mol. The fraction of sp³-hybridized carbons (Fsp3) is 0.458. The molecular weight excluding hydrogens is 460 g/mol. The number of aromatic nitrogens is 6. The van der Waals surface area contributed by atoms with Gasteiger partial charge in [0.2, 0.25) is 11.9 Å². The van der Waals surface area contributed by atoms with E-state index in [9.17, 15) is 4.79 Å². The second-order valence-electron chi connectivity index (χ2n) is 9.08. The van der Waals surface area contributed by atoms with Gasteiger partial charge in [-0.3, -0.25) is 9.69 Å². The molecule has 0 bridgehead atoms. The van der Waals surface area contributed by atoms with Crippen LogP contribution >= 0.6 is 0 Å². The Morgan fingerprint density at radius 3 is 2.56 bits per heavy atom. The number of hydrogen-bond donors (Lipinski definition) is 1. The summed E-state index contributed by atoms with van der Waals surface area (Å²) in [5.74, 6) is 1.82. The topological polar surface area (TPSA) is 123 Å². The fourth-order valence-electron chi connectivity index (χ4n) is 4.40. The number of carbonyl (C=O) groups excluding carboxylic acids is 1. The van der Waals surface area contributed by atoms with Crippen LogP contribution in [0.1, 0.15) is 12.7 Å². The Labute approximate surface area is 209 Å². The third-order valence-electron chi connectivity index (χ3n) is 6.64. The molecule has 0 spiro atoms. The van der Waals surface area contributed by atoms with Crippen LogP contribution in [0, 0.1) is 6.92 Å². The summed E-state index contributed by atoms with van der Waals surface area (Å²) in [4.78, 5) is 26.8. The maximum atomic E-state index is 11.3. The minimum atomic E-state index is 0.0378.